The molecular weight excluding hydrogens is 423 g/mol. The van der Waals surface area contributed by atoms with E-state index in [-0.39, 0.29) is 48.4 Å². The number of hydrogen-bond acceptors (Lipinski definition) is 2. The van der Waals surface area contributed by atoms with Gasteiger partial charge >= 0.3 is 0 Å². The van der Waals surface area contributed by atoms with E-state index < -0.39 is 0 Å². The van der Waals surface area contributed by atoms with E-state index in [9.17, 15) is 10.2 Å². The summed E-state index contributed by atoms with van der Waals surface area (Å²) in [7, 11) is 0. The second-order valence-corrected chi connectivity index (χ2v) is 7.44. The van der Waals surface area contributed by atoms with E-state index in [4.69, 9.17) is 0 Å². The number of phenolic OH excluding ortho intramolecular Hbond substituents is 1. The number of aryl methyl sites for hydroxylation is 1. The van der Waals surface area contributed by atoms with Gasteiger partial charge < -0.3 is 10.2 Å². The Balaban J connectivity index is 0.00000132. The van der Waals surface area contributed by atoms with Gasteiger partial charge in [0.25, 0.3) is 0 Å². The molecule has 4 rings (SSSR count). The zero-order valence-electron chi connectivity index (χ0n) is 12.4. The fourth-order valence-corrected chi connectivity index (χ4v) is 5.54. The van der Waals surface area contributed by atoms with Gasteiger partial charge in [0.1, 0.15) is 5.75 Å². The van der Waals surface area contributed by atoms with Crippen LogP contribution in [0.4, 0.5) is 0 Å². The Morgan fingerprint density at radius 3 is 2.76 bits per heavy atom. The van der Waals surface area contributed by atoms with Gasteiger partial charge in [-0.3, -0.25) is 0 Å². The topological polar surface area (TPSA) is 40.5 Å². The maximum absolute atomic E-state index is 10.4. The molecule has 0 unspecified atom stereocenters. The van der Waals surface area contributed by atoms with Crippen molar-refractivity contribution in [1.29, 1.82) is 0 Å². The van der Waals surface area contributed by atoms with Gasteiger partial charge in [0.15, 0.2) is 0 Å². The summed E-state index contributed by atoms with van der Waals surface area (Å²) < 4.78 is 0. The Morgan fingerprint density at radius 2 is 1.95 bits per heavy atom. The van der Waals surface area contributed by atoms with Gasteiger partial charge in [-0.2, -0.15) is 0 Å². The van der Waals surface area contributed by atoms with Crippen molar-refractivity contribution in [3.05, 3.63) is 29.3 Å². The van der Waals surface area contributed by atoms with Crippen molar-refractivity contribution in [3.63, 3.8) is 0 Å². The number of rotatable bonds is 0. The molecule has 1 aromatic rings. The van der Waals surface area contributed by atoms with Gasteiger partial charge in [-0.05, 0) is 85.0 Å². The third kappa shape index (κ3) is 2.37. The van der Waals surface area contributed by atoms with Crippen LogP contribution in [0.3, 0.4) is 0 Å². The minimum absolute atomic E-state index is 0. The largest absolute Gasteiger partial charge is 0.508 e. The summed E-state index contributed by atoms with van der Waals surface area (Å²) in [5.41, 5.74) is 2.99. The van der Waals surface area contributed by atoms with Crippen molar-refractivity contribution in [2.75, 3.05) is 0 Å². The van der Waals surface area contributed by atoms with E-state index in [1.54, 1.807) is 0 Å². The summed E-state index contributed by atoms with van der Waals surface area (Å²) in [5, 5.41) is 20.0. The molecule has 0 amide bonds. The molecule has 0 saturated heterocycles. The van der Waals surface area contributed by atoms with Gasteiger partial charge in [-0.25, -0.2) is 0 Å². The number of fused-ring (bicyclic) bond motifs is 5. The van der Waals surface area contributed by atoms with E-state index in [1.807, 2.05) is 12.1 Å². The van der Waals surface area contributed by atoms with Gasteiger partial charge in [-0.15, -0.1) is 0 Å². The second kappa shape index (κ2) is 5.69. The average molecular weight is 447 g/mol. The molecule has 0 bridgehead atoms. The monoisotopic (exact) mass is 447 g/mol. The van der Waals surface area contributed by atoms with Crippen LogP contribution in [0.2, 0.25) is 0 Å². The van der Waals surface area contributed by atoms with Crippen molar-refractivity contribution >= 4 is 0 Å². The van der Waals surface area contributed by atoms with Crippen LogP contribution in [-0.2, 0) is 6.42 Å². The van der Waals surface area contributed by atoms with Crippen LogP contribution in [0.25, 0.3) is 0 Å². The molecule has 3 heteroatoms. The molecule has 21 heavy (non-hydrogen) atoms. The first-order chi connectivity index (χ1) is 9.59. The Kier molecular flexibility index (Phi) is 4.36. The first-order valence-corrected chi connectivity index (χ1v) is 8.09. The number of aliphatic hydroxyl groups excluding tert-OH is 1. The summed E-state index contributed by atoms with van der Waals surface area (Å²) in [6.45, 7) is 2.32. The molecule has 3 aliphatic rings. The van der Waals surface area contributed by atoms with Crippen LogP contribution in [0.5, 0.6) is 5.75 Å². The first-order valence-electron chi connectivity index (χ1n) is 8.09. The Labute approximate surface area is 156 Å². The van der Waals surface area contributed by atoms with Crippen molar-refractivity contribution in [2.45, 2.75) is 57.5 Å². The van der Waals surface area contributed by atoms with E-state index in [0.717, 1.165) is 25.2 Å². The van der Waals surface area contributed by atoms with E-state index in [0.29, 0.717) is 17.6 Å². The molecule has 1 radical (unpaired) electrons. The van der Waals surface area contributed by atoms with Gasteiger partial charge in [0.2, 0.25) is 0 Å². The summed E-state index contributed by atoms with van der Waals surface area (Å²) in [5.74, 6) is 2.49. The standard InChI is InChI=1S/C18H24O2.Lu/c1-18-9-8-14-13-5-3-12(19)10-11(13)2-4-15(14)16(18)6-7-17(18)20;/h3,5,10,14-17,19-20H,2,4,6-9H2,1H3;/t14-,15-,16+,17+,18+;/m1./s1. The molecule has 2 saturated carbocycles. The van der Waals surface area contributed by atoms with Crippen molar-refractivity contribution in [1.82, 2.24) is 0 Å². The number of benzene rings is 1. The first kappa shape index (κ1) is 16.1. The summed E-state index contributed by atoms with van der Waals surface area (Å²) in [4.78, 5) is 0. The molecule has 123 valence electrons. The van der Waals surface area contributed by atoms with Crippen LogP contribution >= 0.6 is 0 Å². The summed E-state index contributed by atoms with van der Waals surface area (Å²) in [6, 6.07) is 5.96. The minimum Gasteiger partial charge on any atom is -0.508 e. The number of aliphatic hydroxyl groups is 1. The fourth-order valence-electron chi connectivity index (χ4n) is 5.54. The molecule has 2 fully saturated rings. The van der Waals surface area contributed by atoms with Crippen molar-refractivity contribution in [3.8, 4) is 5.75 Å². The third-order valence-corrected chi connectivity index (χ3v) is 6.66. The fraction of sp³-hybridized carbons (Fsp3) is 0.667. The number of aromatic hydroxyl groups is 1. The number of phenols is 1. The van der Waals surface area contributed by atoms with E-state index in [2.05, 4.69) is 13.0 Å². The normalized spacial score (nSPS) is 40.7. The molecule has 0 spiro atoms. The predicted molar refractivity (Wildman–Crippen MR) is 78.7 cm³/mol. The average Bonchev–Trinajstić information content (AvgIpc) is 2.74. The van der Waals surface area contributed by atoms with E-state index >= 15 is 0 Å². The van der Waals surface area contributed by atoms with Crippen LogP contribution in [0, 0.1) is 54.1 Å². The summed E-state index contributed by atoms with van der Waals surface area (Å²) >= 11 is 0. The molecule has 1 aromatic carbocycles. The Hall–Kier alpha value is 0.214. The quantitative estimate of drug-likeness (QED) is 0.638. The maximum atomic E-state index is 10.4. The minimum atomic E-state index is -0.0883. The van der Waals surface area contributed by atoms with Crippen LogP contribution in [-0.4, -0.2) is 16.3 Å². The van der Waals surface area contributed by atoms with Crippen LogP contribution in [0.15, 0.2) is 18.2 Å². The summed E-state index contributed by atoms with van der Waals surface area (Å²) in [6.07, 6.45) is 6.78. The molecule has 2 N–H and O–H groups in total. The zero-order valence-corrected chi connectivity index (χ0v) is 14.1. The molecule has 0 aliphatic heterocycles. The molecule has 0 aromatic heterocycles. The molecule has 3 aliphatic carbocycles. The molecule has 5 atom stereocenters. The SMILES string of the molecule is C[C@]12CC[C@@H]3c4ccc(O)cc4CC[C@H]3[C@@H]1CC[C@@H]2O.[Lu]. The van der Waals surface area contributed by atoms with Crippen molar-refractivity contribution < 1.29 is 47.1 Å². The number of hydrogen-bond donors (Lipinski definition) is 2. The van der Waals surface area contributed by atoms with Gasteiger partial charge in [-0.1, -0.05) is 13.0 Å². The smallest absolute Gasteiger partial charge is 0.115 e. The third-order valence-electron chi connectivity index (χ3n) is 6.66. The molecular formula is C18H24LuO2. The predicted octanol–water partition coefficient (Wildman–Crippen LogP) is 3.61. The molecule has 0 heterocycles. The van der Waals surface area contributed by atoms with Crippen LogP contribution < -0.4 is 0 Å². The van der Waals surface area contributed by atoms with Gasteiger partial charge in [0.05, 0.1) is 6.10 Å². The Bertz CT molecular complexity index is 544. The van der Waals surface area contributed by atoms with E-state index in [1.165, 1.54) is 30.4 Å². The van der Waals surface area contributed by atoms with Crippen molar-refractivity contribution in [2.24, 2.45) is 17.3 Å². The van der Waals surface area contributed by atoms with Gasteiger partial charge in [0, 0.05) is 36.9 Å². The van der Waals surface area contributed by atoms with Crippen LogP contribution in [0.1, 0.15) is 56.1 Å². The molecule has 2 nitrogen and oxygen atoms in total. The Morgan fingerprint density at radius 1 is 1.14 bits per heavy atom. The maximum Gasteiger partial charge on any atom is 0.115 e. The second-order valence-electron chi connectivity index (χ2n) is 7.44. The zero-order chi connectivity index (χ0) is 13.9.